The van der Waals surface area contributed by atoms with Gasteiger partial charge in [-0.2, -0.15) is 0 Å². The van der Waals surface area contributed by atoms with Gasteiger partial charge in [0.15, 0.2) is 0 Å². The van der Waals surface area contributed by atoms with Crippen molar-refractivity contribution in [2.45, 2.75) is 139 Å². The minimum absolute atomic E-state index is 0.0477. The van der Waals surface area contributed by atoms with Crippen LogP contribution in [0.25, 0.3) is 5.57 Å². The van der Waals surface area contributed by atoms with Crippen LogP contribution in [0.15, 0.2) is 137 Å². The average Bonchev–Trinajstić information content (AvgIpc) is 3.67. The summed E-state index contributed by atoms with van der Waals surface area (Å²) in [7, 11) is 0. The van der Waals surface area contributed by atoms with Gasteiger partial charge in [0, 0.05) is 53.2 Å². The van der Waals surface area contributed by atoms with Crippen molar-refractivity contribution in [3.63, 3.8) is 0 Å². The van der Waals surface area contributed by atoms with Gasteiger partial charge in [-0.05, 0) is 135 Å². The number of hydrogen-bond acceptors (Lipinski definition) is 2. The van der Waals surface area contributed by atoms with E-state index in [1.165, 1.54) is 93.7 Å². The molecule has 1 heterocycles. The highest BCUT2D eigenvalue weighted by Gasteiger charge is 2.45. The fourth-order valence-corrected chi connectivity index (χ4v) is 12.3. The van der Waals surface area contributed by atoms with Crippen molar-refractivity contribution in [1.29, 1.82) is 0 Å². The molecule has 10 rings (SSSR count). The first-order chi connectivity index (χ1) is 26.0. The van der Waals surface area contributed by atoms with Gasteiger partial charge in [-0.15, -0.1) is 0 Å². The Kier molecular flexibility index (Phi) is 8.90. The fraction of sp³-hybridized carbons (Fsp3) is 0.490. The summed E-state index contributed by atoms with van der Waals surface area (Å²) >= 11 is 0. The molecule has 9 aliphatic rings. The van der Waals surface area contributed by atoms with Crippen molar-refractivity contribution < 1.29 is 0 Å². The SMILES string of the molecule is CC1(C)C2=CC(N(C3C=CC(C4C=CC5=C(C4)C4C=CCCC4N5C4CC=CCC4)=CC3)C3CC=C(C4C=CCCC4)CC3)CC=C2c2ccccc21. The van der Waals surface area contributed by atoms with Crippen molar-refractivity contribution >= 4 is 5.57 Å². The molecular formula is C51H60N2. The van der Waals surface area contributed by atoms with Gasteiger partial charge in [0.2, 0.25) is 0 Å². The molecule has 2 heteroatoms. The number of allylic oxidation sites excluding steroid dienone is 11. The molecule has 1 aromatic carbocycles. The maximum Gasteiger partial charge on any atom is 0.0396 e. The predicted molar refractivity (Wildman–Crippen MR) is 222 cm³/mol. The van der Waals surface area contributed by atoms with Crippen molar-refractivity contribution in [3.8, 4) is 0 Å². The van der Waals surface area contributed by atoms with Crippen LogP contribution in [0.3, 0.4) is 0 Å². The Hall–Kier alpha value is -3.62. The number of hydrogen-bond donors (Lipinski definition) is 0. The van der Waals surface area contributed by atoms with Crippen molar-refractivity contribution in [2.24, 2.45) is 17.8 Å². The lowest BCUT2D eigenvalue weighted by molar-refractivity contribution is 0.113. The molecule has 0 amide bonds. The second-order valence-electron chi connectivity index (χ2n) is 18.2. The van der Waals surface area contributed by atoms with E-state index in [2.05, 4.69) is 133 Å². The first kappa shape index (κ1) is 33.9. The van der Waals surface area contributed by atoms with Crippen LogP contribution in [0.5, 0.6) is 0 Å². The molecule has 1 aliphatic heterocycles. The van der Waals surface area contributed by atoms with Crippen LogP contribution in [0, 0.1) is 17.8 Å². The zero-order valence-electron chi connectivity index (χ0n) is 32.3. The van der Waals surface area contributed by atoms with E-state index in [4.69, 9.17) is 0 Å². The lowest BCUT2D eigenvalue weighted by atomic mass is 9.77. The van der Waals surface area contributed by atoms with Crippen LogP contribution >= 0.6 is 0 Å². The summed E-state index contributed by atoms with van der Waals surface area (Å²) in [4.78, 5) is 5.87. The predicted octanol–water partition coefficient (Wildman–Crippen LogP) is 12.0. The molecule has 0 saturated heterocycles. The summed E-state index contributed by atoms with van der Waals surface area (Å²) in [5.74, 6) is 1.78. The van der Waals surface area contributed by atoms with Crippen LogP contribution < -0.4 is 0 Å². The van der Waals surface area contributed by atoms with Crippen LogP contribution in [0.2, 0.25) is 0 Å². The highest BCUT2D eigenvalue weighted by Crippen LogP contribution is 2.53. The molecule has 0 aromatic heterocycles. The van der Waals surface area contributed by atoms with E-state index in [0.29, 0.717) is 48.0 Å². The summed E-state index contributed by atoms with van der Waals surface area (Å²) in [5.41, 5.74) is 12.6. The highest BCUT2D eigenvalue weighted by atomic mass is 15.2. The topological polar surface area (TPSA) is 6.48 Å². The van der Waals surface area contributed by atoms with E-state index in [9.17, 15) is 0 Å². The van der Waals surface area contributed by atoms with Crippen molar-refractivity contribution in [3.05, 3.63) is 148 Å². The van der Waals surface area contributed by atoms with E-state index in [1.54, 1.807) is 28.0 Å². The molecule has 8 aliphatic carbocycles. The van der Waals surface area contributed by atoms with E-state index in [1.807, 2.05) is 0 Å². The van der Waals surface area contributed by atoms with Gasteiger partial charge in [-0.3, -0.25) is 4.90 Å². The van der Waals surface area contributed by atoms with Gasteiger partial charge in [-0.1, -0.05) is 123 Å². The molecule has 0 fully saturated rings. The number of rotatable bonds is 6. The highest BCUT2D eigenvalue weighted by molar-refractivity contribution is 5.90. The van der Waals surface area contributed by atoms with Crippen LogP contribution in [0.1, 0.15) is 115 Å². The first-order valence-corrected chi connectivity index (χ1v) is 21.6. The Labute approximate surface area is 319 Å². The normalized spacial score (nSPS) is 35.3. The number of nitrogens with zero attached hydrogens (tertiary/aromatic N) is 2. The van der Waals surface area contributed by atoms with E-state index < -0.39 is 0 Å². The molecule has 53 heavy (non-hydrogen) atoms. The van der Waals surface area contributed by atoms with Gasteiger partial charge in [0.1, 0.15) is 0 Å². The molecule has 2 nitrogen and oxygen atoms in total. The molecular weight excluding hydrogens is 641 g/mol. The smallest absolute Gasteiger partial charge is 0.0396 e. The Morgan fingerprint density at radius 3 is 2.43 bits per heavy atom. The Morgan fingerprint density at radius 1 is 0.736 bits per heavy atom. The molecule has 0 saturated carbocycles. The Bertz CT molecular complexity index is 1930. The maximum atomic E-state index is 2.98. The van der Waals surface area contributed by atoms with Crippen LogP contribution in [-0.4, -0.2) is 40.0 Å². The van der Waals surface area contributed by atoms with E-state index in [-0.39, 0.29) is 5.41 Å². The molecule has 8 atom stereocenters. The van der Waals surface area contributed by atoms with Gasteiger partial charge >= 0.3 is 0 Å². The molecule has 0 N–H and O–H groups in total. The molecule has 8 unspecified atom stereocenters. The molecule has 274 valence electrons. The van der Waals surface area contributed by atoms with Gasteiger partial charge in [0.25, 0.3) is 0 Å². The quantitative estimate of drug-likeness (QED) is 0.273. The second-order valence-corrected chi connectivity index (χ2v) is 18.2. The Morgan fingerprint density at radius 2 is 1.62 bits per heavy atom. The first-order valence-electron chi connectivity index (χ1n) is 21.6. The summed E-state index contributed by atoms with van der Waals surface area (Å²) in [6, 6.07) is 11.9. The minimum Gasteiger partial charge on any atom is -0.364 e. The fourth-order valence-electron chi connectivity index (χ4n) is 12.3. The molecule has 0 bridgehead atoms. The second kappa shape index (κ2) is 13.9. The number of fused-ring (bicyclic) bond motifs is 5. The third-order valence-electron chi connectivity index (χ3n) is 15.0. The third kappa shape index (κ3) is 5.94. The minimum atomic E-state index is 0.0477. The lowest BCUT2D eigenvalue weighted by Crippen LogP contribution is -2.49. The summed E-state index contributed by atoms with van der Waals surface area (Å²) < 4.78 is 0. The zero-order valence-corrected chi connectivity index (χ0v) is 32.3. The summed E-state index contributed by atoms with van der Waals surface area (Å²) in [6.07, 6.45) is 53.1. The van der Waals surface area contributed by atoms with Crippen molar-refractivity contribution in [2.75, 3.05) is 0 Å². The van der Waals surface area contributed by atoms with Gasteiger partial charge in [-0.25, -0.2) is 0 Å². The standard InChI is InChI=1S/C51H60N2/c1-51(2)47-19-11-9-17-43(47)44-31-30-42(34-48(44)51)52(40-26-21-36(22-27-40)35-13-5-3-6-14-35)41-28-23-37(24-29-41)38-25-32-50-46(33-38)45-18-10-12-20-49(45)53(50)39-15-7-4-8-16-39/h4-5,7,9-11,13,17-19,21,23-25,28,31-32,34-35,38-42,45,49H,3,6,8,12,14-16,20,22,26-27,29-30,33H2,1-2H3. The maximum absolute atomic E-state index is 2.98. The lowest BCUT2D eigenvalue weighted by Gasteiger charge is -2.45. The van der Waals surface area contributed by atoms with Crippen LogP contribution in [-0.2, 0) is 5.41 Å². The number of benzene rings is 1. The third-order valence-corrected chi connectivity index (χ3v) is 15.0. The van der Waals surface area contributed by atoms with Crippen LogP contribution in [0.4, 0.5) is 0 Å². The monoisotopic (exact) mass is 700 g/mol. The summed E-state index contributed by atoms with van der Waals surface area (Å²) in [5, 5.41) is 0. The Balaban J connectivity index is 0.908. The average molecular weight is 701 g/mol. The molecule has 1 aromatic rings. The summed E-state index contributed by atoms with van der Waals surface area (Å²) in [6.45, 7) is 4.90. The van der Waals surface area contributed by atoms with Crippen molar-refractivity contribution in [1.82, 2.24) is 9.80 Å². The van der Waals surface area contributed by atoms with E-state index in [0.717, 1.165) is 12.8 Å². The largest absolute Gasteiger partial charge is 0.364 e. The molecule has 0 spiro atoms. The van der Waals surface area contributed by atoms with E-state index >= 15 is 0 Å². The zero-order chi connectivity index (χ0) is 35.5. The molecule has 0 radical (unpaired) electrons. The van der Waals surface area contributed by atoms with Gasteiger partial charge in [0.05, 0.1) is 0 Å². The van der Waals surface area contributed by atoms with Gasteiger partial charge < -0.3 is 4.90 Å².